The molecule has 3 rings (SSSR count). The van der Waals surface area contributed by atoms with E-state index in [4.69, 9.17) is 0 Å². The van der Waals surface area contributed by atoms with Gasteiger partial charge in [0.15, 0.2) is 0 Å². The molecule has 2 N–H and O–H groups in total. The molecule has 3 nitrogen and oxygen atoms in total. The van der Waals surface area contributed by atoms with Crippen molar-refractivity contribution in [3.8, 4) is 0 Å². The molecule has 0 saturated carbocycles. The Morgan fingerprint density at radius 1 is 1.25 bits per heavy atom. The largest absolute Gasteiger partial charge is 0.393 e. The van der Waals surface area contributed by atoms with Gasteiger partial charge in [0.1, 0.15) is 0 Å². The molecular formula is C17H26N2O. The van der Waals surface area contributed by atoms with Gasteiger partial charge in [-0.3, -0.25) is 0 Å². The maximum Gasteiger partial charge on any atom is 0.0579 e. The summed E-state index contributed by atoms with van der Waals surface area (Å²) < 4.78 is 0. The Labute approximate surface area is 122 Å². The highest BCUT2D eigenvalue weighted by Gasteiger charge is 2.41. The first-order valence-electron chi connectivity index (χ1n) is 7.99. The normalized spacial score (nSPS) is 30.6. The van der Waals surface area contributed by atoms with Crippen molar-refractivity contribution in [1.29, 1.82) is 0 Å². The van der Waals surface area contributed by atoms with Crippen LogP contribution in [0.1, 0.15) is 51.1 Å². The molecule has 3 heteroatoms. The van der Waals surface area contributed by atoms with E-state index >= 15 is 0 Å². The maximum atomic E-state index is 9.98. The molecule has 0 amide bonds. The summed E-state index contributed by atoms with van der Waals surface area (Å²) in [5, 5.41) is 13.5. The molecule has 2 aliphatic heterocycles. The zero-order valence-corrected chi connectivity index (χ0v) is 12.5. The summed E-state index contributed by atoms with van der Waals surface area (Å²) in [6, 6.07) is 10.2. The standard InChI is InChI=1S/C17H26N2O/c1-3-18-12(2)16-6-4-5-7-17(16)19-13-8-9-14(19)11-15(20)10-13/h4-7,12-15,18,20H,3,8-11H2,1-2H3. The lowest BCUT2D eigenvalue weighted by molar-refractivity contribution is 0.126. The van der Waals surface area contributed by atoms with E-state index in [9.17, 15) is 5.11 Å². The van der Waals surface area contributed by atoms with Crippen molar-refractivity contribution in [3.63, 3.8) is 0 Å². The quantitative estimate of drug-likeness (QED) is 0.886. The number of hydrogen-bond donors (Lipinski definition) is 2. The summed E-state index contributed by atoms with van der Waals surface area (Å²) in [5.74, 6) is 0. The average Bonchev–Trinajstić information content (AvgIpc) is 2.71. The van der Waals surface area contributed by atoms with Gasteiger partial charge in [-0.15, -0.1) is 0 Å². The second kappa shape index (κ2) is 5.74. The first-order valence-corrected chi connectivity index (χ1v) is 7.99. The average molecular weight is 274 g/mol. The third kappa shape index (κ3) is 2.45. The van der Waals surface area contributed by atoms with E-state index in [-0.39, 0.29) is 6.10 Å². The highest BCUT2D eigenvalue weighted by molar-refractivity contribution is 5.58. The van der Waals surface area contributed by atoms with Gasteiger partial charge in [0.25, 0.3) is 0 Å². The van der Waals surface area contributed by atoms with Crippen LogP contribution in [-0.2, 0) is 0 Å². The lowest BCUT2D eigenvalue weighted by atomic mass is 9.96. The van der Waals surface area contributed by atoms with Gasteiger partial charge in [0, 0.05) is 23.8 Å². The van der Waals surface area contributed by atoms with Crippen LogP contribution in [0.3, 0.4) is 0 Å². The Morgan fingerprint density at radius 2 is 1.90 bits per heavy atom. The number of aliphatic hydroxyl groups excluding tert-OH is 1. The van der Waals surface area contributed by atoms with Crippen LogP contribution in [0, 0.1) is 0 Å². The fourth-order valence-electron chi connectivity index (χ4n) is 4.05. The van der Waals surface area contributed by atoms with Crippen LogP contribution < -0.4 is 10.2 Å². The van der Waals surface area contributed by atoms with Crippen LogP contribution in [0.2, 0.25) is 0 Å². The van der Waals surface area contributed by atoms with Crippen LogP contribution in [0.15, 0.2) is 24.3 Å². The number of piperidine rings is 1. The molecule has 110 valence electrons. The zero-order valence-electron chi connectivity index (χ0n) is 12.5. The molecule has 1 aromatic carbocycles. The predicted octanol–water partition coefficient (Wildman–Crippen LogP) is 2.85. The Hall–Kier alpha value is -1.06. The highest BCUT2D eigenvalue weighted by Crippen LogP contribution is 2.41. The topological polar surface area (TPSA) is 35.5 Å². The van der Waals surface area contributed by atoms with E-state index < -0.39 is 0 Å². The van der Waals surface area contributed by atoms with Crippen molar-refractivity contribution in [3.05, 3.63) is 29.8 Å². The minimum absolute atomic E-state index is 0.0953. The van der Waals surface area contributed by atoms with Gasteiger partial charge >= 0.3 is 0 Å². The number of hydrogen-bond acceptors (Lipinski definition) is 3. The fourth-order valence-corrected chi connectivity index (χ4v) is 4.05. The lowest BCUT2D eigenvalue weighted by Gasteiger charge is -2.40. The monoisotopic (exact) mass is 274 g/mol. The van der Waals surface area contributed by atoms with Gasteiger partial charge in [-0.05, 0) is 50.8 Å². The summed E-state index contributed by atoms with van der Waals surface area (Å²) in [4.78, 5) is 2.59. The molecule has 2 bridgehead atoms. The van der Waals surface area contributed by atoms with Crippen molar-refractivity contribution >= 4 is 5.69 Å². The minimum Gasteiger partial charge on any atom is -0.393 e. The van der Waals surface area contributed by atoms with Crippen LogP contribution in [-0.4, -0.2) is 29.8 Å². The molecule has 0 spiro atoms. The van der Waals surface area contributed by atoms with E-state index in [0.29, 0.717) is 18.1 Å². The summed E-state index contributed by atoms with van der Waals surface area (Å²) in [7, 11) is 0. The minimum atomic E-state index is -0.0953. The van der Waals surface area contributed by atoms with Gasteiger partial charge in [0.05, 0.1) is 6.10 Å². The SMILES string of the molecule is CCNC(C)c1ccccc1N1C2CCC1CC(O)C2. The number of anilines is 1. The summed E-state index contributed by atoms with van der Waals surface area (Å²) in [6.07, 6.45) is 4.22. The smallest absolute Gasteiger partial charge is 0.0579 e. The first-order chi connectivity index (χ1) is 9.70. The number of para-hydroxylation sites is 1. The predicted molar refractivity (Wildman–Crippen MR) is 83.1 cm³/mol. The number of aliphatic hydroxyl groups is 1. The Balaban J connectivity index is 1.91. The number of fused-ring (bicyclic) bond motifs is 2. The van der Waals surface area contributed by atoms with Crippen molar-refractivity contribution in [2.24, 2.45) is 0 Å². The molecule has 20 heavy (non-hydrogen) atoms. The molecule has 2 saturated heterocycles. The third-order valence-electron chi connectivity index (χ3n) is 4.90. The van der Waals surface area contributed by atoms with E-state index in [1.54, 1.807) is 0 Å². The molecule has 0 radical (unpaired) electrons. The summed E-state index contributed by atoms with van der Waals surface area (Å²) >= 11 is 0. The first kappa shape index (κ1) is 13.9. The number of rotatable bonds is 4. The van der Waals surface area contributed by atoms with Gasteiger partial charge in [-0.1, -0.05) is 25.1 Å². The highest BCUT2D eigenvalue weighted by atomic mass is 16.3. The van der Waals surface area contributed by atoms with Crippen molar-refractivity contribution in [2.75, 3.05) is 11.4 Å². The van der Waals surface area contributed by atoms with Crippen LogP contribution in [0.25, 0.3) is 0 Å². The Bertz CT molecular complexity index is 448. The van der Waals surface area contributed by atoms with Gasteiger partial charge < -0.3 is 15.3 Å². The Kier molecular flexibility index (Phi) is 3.99. The molecule has 0 aliphatic carbocycles. The van der Waals surface area contributed by atoms with Crippen LogP contribution in [0.5, 0.6) is 0 Å². The molecular weight excluding hydrogens is 248 g/mol. The molecule has 2 aliphatic rings. The van der Waals surface area contributed by atoms with E-state index in [2.05, 4.69) is 48.3 Å². The van der Waals surface area contributed by atoms with Gasteiger partial charge in [-0.2, -0.15) is 0 Å². The zero-order chi connectivity index (χ0) is 14.1. The van der Waals surface area contributed by atoms with Crippen molar-refractivity contribution < 1.29 is 5.11 Å². The summed E-state index contributed by atoms with van der Waals surface area (Å²) in [6.45, 7) is 5.38. The number of benzene rings is 1. The number of nitrogens with one attached hydrogen (secondary N) is 1. The van der Waals surface area contributed by atoms with E-state index in [1.165, 1.54) is 24.1 Å². The Morgan fingerprint density at radius 3 is 2.55 bits per heavy atom. The van der Waals surface area contributed by atoms with Gasteiger partial charge in [-0.25, -0.2) is 0 Å². The molecule has 3 unspecified atom stereocenters. The molecule has 0 aromatic heterocycles. The summed E-state index contributed by atoms with van der Waals surface area (Å²) in [5.41, 5.74) is 2.77. The molecule has 2 heterocycles. The lowest BCUT2D eigenvalue weighted by Crippen LogP contribution is -2.45. The van der Waals surface area contributed by atoms with Crippen molar-refractivity contribution in [1.82, 2.24) is 5.32 Å². The fraction of sp³-hybridized carbons (Fsp3) is 0.647. The van der Waals surface area contributed by atoms with Crippen molar-refractivity contribution in [2.45, 2.75) is 63.8 Å². The van der Waals surface area contributed by atoms with Gasteiger partial charge in [0.2, 0.25) is 0 Å². The third-order valence-corrected chi connectivity index (χ3v) is 4.90. The second-order valence-corrected chi connectivity index (χ2v) is 6.26. The number of nitrogens with zero attached hydrogens (tertiary/aromatic N) is 1. The molecule has 1 aromatic rings. The second-order valence-electron chi connectivity index (χ2n) is 6.26. The van der Waals surface area contributed by atoms with Crippen LogP contribution >= 0.6 is 0 Å². The maximum absolute atomic E-state index is 9.98. The van der Waals surface area contributed by atoms with E-state index in [1.807, 2.05) is 0 Å². The molecule has 2 fully saturated rings. The van der Waals surface area contributed by atoms with E-state index in [0.717, 1.165) is 19.4 Å². The molecule has 3 atom stereocenters. The van der Waals surface area contributed by atoms with Crippen LogP contribution in [0.4, 0.5) is 5.69 Å².